The average Bonchev–Trinajstić information content (AvgIpc) is 2.20. The third-order valence-corrected chi connectivity index (χ3v) is 3.47. The summed E-state index contributed by atoms with van der Waals surface area (Å²) in [6.07, 6.45) is 0. The van der Waals surface area contributed by atoms with E-state index in [1.54, 1.807) is 13.8 Å². The number of hydrogen-bond donors (Lipinski definition) is 0. The average molecular weight is 247 g/mol. The van der Waals surface area contributed by atoms with E-state index in [4.69, 9.17) is 11.6 Å². The predicted octanol–water partition coefficient (Wildman–Crippen LogP) is 3.64. The van der Waals surface area contributed by atoms with E-state index in [9.17, 15) is 13.6 Å². The molecular formula is C12H13ClF2O. The van der Waals surface area contributed by atoms with Gasteiger partial charge in [0.1, 0.15) is 0 Å². The number of carbonyl (C=O) groups excluding carboxylic acids is 1. The van der Waals surface area contributed by atoms with Crippen LogP contribution in [0.2, 0.25) is 0 Å². The molecule has 1 aromatic carbocycles. The molecule has 0 fully saturated rings. The standard InChI is InChI=1S/C12H13ClF2O/c1-7(2)12(3,11(13)16)8-5-4-6-9(14)10(8)15/h4-7H,1-3H3. The van der Waals surface area contributed by atoms with E-state index in [1.165, 1.54) is 19.1 Å². The summed E-state index contributed by atoms with van der Waals surface area (Å²) in [4.78, 5) is 11.4. The van der Waals surface area contributed by atoms with E-state index < -0.39 is 22.3 Å². The maximum atomic E-state index is 13.6. The maximum Gasteiger partial charge on any atom is 0.232 e. The Balaban J connectivity index is 3.44. The van der Waals surface area contributed by atoms with Crippen LogP contribution in [0.4, 0.5) is 8.78 Å². The van der Waals surface area contributed by atoms with Gasteiger partial charge in [-0.05, 0) is 30.5 Å². The minimum atomic E-state index is -1.21. The Morgan fingerprint density at radius 3 is 2.38 bits per heavy atom. The van der Waals surface area contributed by atoms with E-state index in [-0.39, 0.29) is 11.5 Å². The number of rotatable bonds is 3. The molecule has 0 bridgehead atoms. The first kappa shape index (κ1) is 13.1. The zero-order valence-electron chi connectivity index (χ0n) is 9.35. The smallest absolute Gasteiger partial charge is 0.232 e. The Kier molecular flexibility index (Phi) is 3.68. The molecule has 16 heavy (non-hydrogen) atoms. The highest BCUT2D eigenvalue weighted by atomic mass is 35.5. The predicted molar refractivity (Wildman–Crippen MR) is 59.4 cm³/mol. The first-order valence-corrected chi connectivity index (χ1v) is 5.34. The number of benzene rings is 1. The fourth-order valence-electron chi connectivity index (χ4n) is 1.55. The van der Waals surface area contributed by atoms with Gasteiger partial charge in [0.2, 0.25) is 5.24 Å². The summed E-state index contributed by atoms with van der Waals surface area (Å²) >= 11 is 5.51. The molecule has 0 spiro atoms. The van der Waals surface area contributed by atoms with Crippen LogP contribution in [-0.4, -0.2) is 5.24 Å². The topological polar surface area (TPSA) is 17.1 Å². The van der Waals surface area contributed by atoms with Crippen molar-refractivity contribution in [1.82, 2.24) is 0 Å². The number of hydrogen-bond acceptors (Lipinski definition) is 1. The fraction of sp³-hybridized carbons (Fsp3) is 0.417. The van der Waals surface area contributed by atoms with Crippen LogP contribution < -0.4 is 0 Å². The van der Waals surface area contributed by atoms with Gasteiger partial charge in [-0.1, -0.05) is 26.0 Å². The van der Waals surface area contributed by atoms with Gasteiger partial charge in [0, 0.05) is 5.56 Å². The Hall–Kier alpha value is -0.960. The van der Waals surface area contributed by atoms with Crippen molar-refractivity contribution in [3.63, 3.8) is 0 Å². The summed E-state index contributed by atoms with van der Waals surface area (Å²) in [7, 11) is 0. The molecule has 0 radical (unpaired) electrons. The van der Waals surface area contributed by atoms with Gasteiger partial charge in [0.05, 0.1) is 5.41 Å². The Labute approximate surface area is 98.4 Å². The van der Waals surface area contributed by atoms with Crippen molar-refractivity contribution in [2.75, 3.05) is 0 Å². The molecule has 0 saturated carbocycles. The zero-order valence-corrected chi connectivity index (χ0v) is 10.1. The Morgan fingerprint density at radius 1 is 1.38 bits per heavy atom. The van der Waals surface area contributed by atoms with E-state index in [0.29, 0.717) is 0 Å². The van der Waals surface area contributed by atoms with Gasteiger partial charge in [0.15, 0.2) is 11.6 Å². The largest absolute Gasteiger partial charge is 0.280 e. The molecule has 4 heteroatoms. The van der Waals surface area contributed by atoms with E-state index in [2.05, 4.69) is 0 Å². The van der Waals surface area contributed by atoms with Gasteiger partial charge < -0.3 is 0 Å². The molecule has 0 saturated heterocycles. The molecule has 1 aromatic rings. The molecule has 0 aliphatic carbocycles. The number of halogens is 3. The van der Waals surface area contributed by atoms with E-state index >= 15 is 0 Å². The lowest BCUT2D eigenvalue weighted by molar-refractivity contribution is -0.117. The molecule has 0 N–H and O–H groups in total. The van der Waals surface area contributed by atoms with Crippen LogP contribution in [0.1, 0.15) is 26.3 Å². The van der Waals surface area contributed by atoms with Gasteiger partial charge in [0.25, 0.3) is 0 Å². The normalized spacial score (nSPS) is 14.9. The second-order valence-corrected chi connectivity index (χ2v) is 4.58. The van der Waals surface area contributed by atoms with Crippen LogP contribution in [0.5, 0.6) is 0 Å². The van der Waals surface area contributed by atoms with Crippen LogP contribution in [0.3, 0.4) is 0 Å². The summed E-state index contributed by atoms with van der Waals surface area (Å²) in [5, 5.41) is -0.688. The van der Waals surface area contributed by atoms with Crippen molar-refractivity contribution in [3.05, 3.63) is 35.4 Å². The fourth-order valence-corrected chi connectivity index (χ4v) is 1.87. The minimum Gasteiger partial charge on any atom is -0.280 e. The molecule has 0 heterocycles. The van der Waals surface area contributed by atoms with E-state index in [0.717, 1.165) is 6.07 Å². The third-order valence-electron chi connectivity index (χ3n) is 3.07. The molecule has 88 valence electrons. The second-order valence-electron chi connectivity index (χ2n) is 4.23. The number of carbonyl (C=O) groups is 1. The van der Waals surface area contributed by atoms with Crippen LogP contribution in [0.15, 0.2) is 18.2 Å². The molecule has 1 rings (SSSR count). The van der Waals surface area contributed by atoms with Crippen LogP contribution in [0.25, 0.3) is 0 Å². The lowest BCUT2D eigenvalue weighted by atomic mass is 9.74. The highest BCUT2D eigenvalue weighted by molar-refractivity contribution is 6.65. The van der Waals surface area contributed by atoms with Gasteiger partial charge >= 0.3 is 0 Å². The summed E-state index contributed by atoms with van der Waals surface area (Å²) in [6, 6.07) is 3.77. The highest BCUT2D eigenvalue weighted by Crippen LogP contribution is 2.36. The Bertz CT molecular complexity index is 417. The monoisotopic (exact) mass is 246 g/mol. The molecule has 1 nitrogen and oxygen atoms in total. The van der Waals surface area contributed by atoms with Gasteiger partial charge in [-0.15, -0.1) is 0 Å². The molecular weight excluding hydrogens is 234 g/mol. The summed E-state index contributed by atoms with van der Waals surface area (Å²) in [5.41, 5.74) is -1.21. The van der Waals surface area contributed by atoms with Gasteiger partial charge in [-0.2, -0.15) is 0 Å². The molecule has 0 aromatic heterocycles. The first-order valence-electron chi connectivity index (χ1n) is 4.96. The second kappa shape index (κ2) is 4.50. The third kappa shape index (κ3) is 1.96. The lowest BCUT2D eigenvalue weighted by Crippen LogP contribution is -2.36. The quantitative estimate of drug-likeness (QED) is 0.744. The molecule has 1 unspecified atom stereocenters. The first-order chi connectivity index (χ1) is 7.31. The van der Waals surface area contributed by atoms with Crippen LogP contribution >= 0.6 is 11.6 Å². The highest BCUT2D eigenvalue weighted by Gasteiger charge is 2.39. The SMILES string of the molecule is CC(C)C(C)(C(=O)Cl)c1cccc(F)c1F. The van der Waals surface area contributed by atoms with Crippen molar-refractivity contribution in [1.29, 1.82) is 0 Å². The van der Waals surface area contributed by atoms with Gasteiger partial charge in [-0.3, -0.25) is 4.79 Å². The molecule has 0 aliphatic rings. The summed E-state index contributed by atoms with van der Waals surface area (Å²) < 4.78 is 26.7. The van der Waals surface area contributed by atoms with Crippen LogP contribution in [0, 0.1) is 17.6 Å². The van der Waals surface area contributed by atoms with Gasteiger partial charge in [-0.25, -0.2) is 8.78 Å². The van der Waals surface area contributed by atoms with Crippen molar-refractivity contribution in [3.8, 4) is 0 Å². The van der Waals surface area contributed by atoms with Crippen molar-refractivity contribution < 1.29 is 13.6 Å². The molecule has 1 atom stereocenters. The zero-order chi connectivity index (χ0) is 12.5. The van der Waals surface area contributed by atoms with Crippen molar-refractivity contribution >= 4 is 16.8 Å². The molecule has 0 aliphatic heterocycles. The van der Waals surface area contributed by atoms with E-state index in [1.807, 2.05) is 0 Å². The Morgan fingerprint density at radius 2 is 1.94 bits per heavy atom. The van der Waals surface area contributed by atoms with Crippen molar-refractivity contribution in [2.45, 2.75) is 26.2 Å². The van der Waals surface area contributed by atoms with Crippen molar-refractivity contribution in [2.24, 2.45) is 5.92 Å². The minimum absolute atomic E-state index is 0.00231. The maximum absolute atomic E-state index is 13.6. The molecule has 0 amide bonds. The summed E-state index contributed by atoms with van der Waals surface area (Å²) in [6.45, 7) is 5.00. The summed E-state index contributed by atoms with van der Waals surface area (Å²) in [5.74, 6) is -2.20. The lowest BCUT2D eigenvalue weighted by Gasteiger charge is -2.30. The van der Waals surface area contributed by atoms with Crippen LogP contribution in [-0.2, 0) is 10.2 Å².